The Labute approximate surface area is 132 Å². The third kappa shape index (κ3) is 2.18. The molecule has 0 unspecified atom stereocenters. The molecular weight excluding hydrogens is 300 g/mol. The van der Waals surface area contributed by atoms with Crippen LogP contribution in [0, 0.1) is 12.3 Å². The third-order valence-electron chi connectivity index (χ3n) is 4.72. The molecule has 0 bridgehead atoms. The lowest BCUT2D eigenvalue weighted by atomic mass is 9.73. The molecule has 2 fully saturated rings. The minimum atomic E-state index is 0.0410. The molecule has 0 aromatic carbocycles. The predicted molar refractivity (Wildman–Crippen MR) is 82.9 cm³/mol. The summed E-state index contributed by atoms with van der Waals surface area (Å²) in [6.07, 6.45) is 2.11. The van der Waals surface area contributed by atoms with Crippen LogP contribution in [0.3, 0.4) is 0 Å². The largest absolute Gasteiger partial charge is 0.381 e. The highest BCUT2D eigenvalue weighted by atomic mass is 32.1. The molecule has 1 spiro atoms. The van der Waals surface area contributed by atoms with Crippen LogP contribution < -0.4 is 0 Å². The van der Waals surface area contributed by atoms with Crippen LogP contribution in [0.2, 0.25) is 0 Å². The standard InChI is InChI=1S/C16H18N2O3S/c1-11-13(14(17-21-11)12-3-2-8-22-12)15(19)18-9-16(10-18)4-6-20-7-5-16/h2-3,8H,4-7,9-10H2,1H3. The van der Waals surface area contributed by atoms with E-state index >= 15 is 0 Å². The number of thiophene rings is 1. The summed E-state index contributed by atoms with van der Waals surface area (Å²) < 4.78 is 10.7. The molecule has 22 heavy (non-hydrogen) atoms. The number of hydrogen-bond donors (Lipinski definition) is 0. The fourth-order valence-corrected chi connectivity index (χ4v) is 4.10. The molecule has 0 aliphatic carbocycles. The molecule has 0 atom stereocenters. The lowest BCUT2D eigenvalue weighted by Gasteiger charge is -2.52. The Morgan fingerprint density at radius 2 is 2.14 bits per heavy atom. The molecule has 0 N–H and O–H groups in total. The van der Waals surface area contributed by atoms with E-state index in [-0.39, 0.29) is 11.3 Å². The SMILES string of the molecule is Cc1onc(-c2cccs2)c1C(=O)N1CC2(CCOCC2)C1. The third-order valence-corrected chi connectivity index (χ3v) is 5.60. The van der Waals surface area contributed by atoms with Crippen LogP contribution in [0.5, 0.6) is 0 Å². The highest BCUT2D eigenvalue weighted by Gasteiger charge is 2.46. The van der Waals surface area contributed by atoms with Gasteiger partial charge in [-0.2, -0.15) is 0 Å². The van der Waals surface area contributed by atoms with Gasteiger partial charge in [-0.1, -0.05) is 11.2 Å². The maximum Gasteiger partial charge on any atom is 0.259 e. The first-order valence-electron chi connectivity index (χ1n) is 7.56. The highest BCUT2D eigenvalue weighted by molar-refractivity contribution is 7.13. The Morgan fingerprint density at radius 3 is 2.82 bits per heavy atom. The van der Waals surface area contributed by atoms with Crippen LogP contribution in [0.1, 0.15) is 29.0 Å². The number of carbonyl (C=O) groups excluding carboxylic acids is 1. The minimum Gasteiger partial charge on any atom is -0.381 e. The maximum atomic E-state index is 12.9. The van der Waals surface area contributed by atoms with E-state index in [2.05, 4.69) is 5.16 Å². The first-order valence-corrected chi connectivity index (χ1v) is 8.44. The number of aryl methyl sites for hydroxylation is 1. The fraction of sp³-hybridized carbons (Fsp3) is 0.500. The molecule has 2 aromatic heterocycles. The van der Waals surface area contributed by atoms with Crippen LogP contribution in [-0.4, -0.2) is 42.3 Å². The summed E-state index contributed by atoms with van der Waals surface area (Å²) in [5.74, 6) is 0.639. The summed E-state index contributed by atoms with van der Waals surface area (Å²) >= 11 is 1.57. The molecule has 2 saturated heterocycles. The quantitative estimate of drug-likeness (QED) is 0.854. The summed E-state index contributed by atoms with van der Waals surface area (Å²) in [4.78, 5) is 15.7. The number of nitrogens with zero attached hydrogens (tertiary/aromatic N) is 2. The van der Waals surface area contributed by atoms with Crippen LogP contribution >= 0.6 is 11.3 Å². The highest BCUT2D eigenvalue weighted by Crippen LogP contribution is 2.41. The minimum absolute atomic E-state index is 0.0410. The molecular formula is C16H18N2O3S. The molecule has 2 aromatic rings. The number of carbonyl (C=O) groups is 1. The predicted octanol–water partition coefficient (Wildman–Crippen LogP) is 2.96. The molecule has 0 saturated carbocycles. The summed E-state index contributed by atoms with van der Waals surface area (Å²) in [7, 11) is 0. The Hall–Kier alpha value is -1.66. The Bertz CT molecular complexity index is 678. The monoisotopic (exact) mass is 318 g/mol. The van der Waals surface area contributed by atoms with Crippen molar-refractivity contribution in [1.82, 2.24) is 10.1 Å². The second kappa shape index (κ2) is 5.21. The van der Waals surface area contributed by atoms with Gasteiger partial charge >= 0.3 is 0 Å². The summed E-state index contributed by atoms with van der Waals surface area (Å²) in [5, 5.41) is 6.07. The molecule has 5 nitrogen and oxygen atoms in total. The van der Waals surface area contributed by atoms with E-state index in [1.807, 2.05) is 22.4 Å². The van der Waals surface area contributed by atoms with Gasteiger partial charge in [0.05, 0.1) is 4.88 Å². The van der Waals surface area contributed by atoms with E-state index in [0.717, 1.165) is 44.0 Å². The zero-order chi connectivity index (χ0) is 15.2. The van der Waals surface area contributed by atoms with Gasteiger partial charge in [0.2, 0.25) is 0 Å². The average Bonchev–Trinajstić information content (AvgIpc) is 3.14. The van der Waals surface area contributed by atoms with Gasteiger partial charge in [-0.15, -0.1) is 11.3 Å². The number of amides is 1. The van der Waals surface area contributed by atoms with E-state index in [1.165, 1.54) is 0 Å². The molecule has 2 aliphatic heterocycles. The average molecular weight is 318 g/mol. The van der Waals surface area contributed by atoms with Gasteiger partial charge in [-0.3, -0.25) is 4.79 Å². The molecule has 0 radical (unpaired) electrons. The van der Waals surface area contributed by atoms with Gasteiger partial charge in [0.1, 0.15) is 17.0 Å². The zero-order valence-electron chi connectivity index (χ0n) is 12.5. The molecule has 1 amide bonds. The molecule has 6 heteroatoms. The number of aromatic nitrogens is 1. The van der Waals surface area contributed by atoms with E-state index in [9.17, 15) is 4.79 Å². The summed E-state index contributed by atoms with van der Waals surface area (Å²) in [5.41, 5.74) is 1.57. The summed E-state index contributed by atoms with van der Waals surface area (Å²) in [6, 6.07) is 3.92. The fourth-order valence-electron chi connectivity index (χ4n) is 3.39. The topological polar surface area (TPSA) is 55.6 Å². The van der Waals surface area contributed by atoms with Gasteiger partial charge in [-0.05, 0) is 31.2 Å². The van der Waals surface area contributed by atoms with Crippen molar-refractivity contribution in [2.45, 2.75) is 19.8 Å². The Morgan fingerprint density at radius 1 is 1.36 bits per heavy atom. The lowest BCUT2D eigenvalue weighted by Crippen LogP contribution is -2.60. The number of rotatable bonds is 2. The van der Waals surface area contributed by atoms with Crippen molar-refractivity contribution in [3.05, 3.63) is 28.8 Å². The number of hydrogen-bond acceptors (Lipinski definition) is 5. The smallest absolute Gasteiger partial charge is 0.259 e. The normalized spacial score (nSPS) is 20.1. The second-order valence-electron chi connectivity index (χ2n) is 6.21. The first-order chi connectivity index (χ1) is 10.7. The van der Waals surface area contributed by atoms with Crippen molar-refractivity contribution in [2.75, 3.05) is 26.3 Å². The van der Waals surface area contributed by atoms with Crippen molar-refractivity contribution in [2.24, 2.45) is 5.41 Å². The maximum absolute atomic E-state index is 12.9. The van der Waals surface area contributed by atoms with Crippen LogP contribution in [0.4, 0.5) is 0 Å². The van der Waals surface area contributed by atoms with Gasteiger partial charge in [-0.25, -0.2) is 0 Å². The van der Waals surface area contributed by atoms with Crippen molar-refractivity contribution in [3.8, 4) is 10.6 Å². The lowest BCUT2D eigenvalue weighted by molar-refractivity contribution is -0.0666. The second-order valence-corrected chi connectivity index (χ2v) is 7.16. The van der Waals surface area contributed by atoms with E-state index < -0.39 is 0 Å². The van der Waals surface area contributed by atoms with E-state index in [0.29, 0.717) is 17.0 Å². The number of ether oxygens (including phenoxy) is 1. The molecule has 116 valence electrons. The Kier molecular flexibility index (Phi) is 3.31. The van der Waals surface area contributed by atoms with Crippen molar-refractivity contribution >= 4 is 17.2 Å². The van der Waals surface area contributed by atoms with Gasteiger partial charge in [0, 0.05) is 31.7 Å². The molecule has 4 rings (SSSR count). The summed E-state index contributed by atoms with van der Waals surface area (Å²) in [6.45, 7) is 5.08. The van der Waals surface area contributed by atoms with Gasteiger partial charge in [0.25, 0.3) is 5.91 Å². The van der Waals surface area contributed by atoms with Gasteiger partial charge in [0.15, 0.2) is 0 Å². The molecule has 2 aliphatic rings. The van der Waals surface area contributed by atoms with Crippen molar-refractivity contribution in [1.29, 1.82) is 0 Å². The first kappa shape index (κ1) is 14.0. The van der Waals surface area contributed by atoms with Crippen molar-refractivity contribution < 1.29 is 14.1 Å². The van der Waals surface area contributed by atoms with Gasteiger partial charge < -0.3 is 14.2 Å². The van der Waals surface area contributed by atoms with Crippen LogP contribution in [0.25, 0.3) is 10.6 Å². The molecule has 4 heterocycles. The van der Waals surface area contributed by atoms with E-state index in [1.54, 1.807) is 18.3 Å². The van der Waals surface area contributed by atoms with Crippen LogP contribution in [-0.2, 0) is 4.74 Å². The number of likely N-dealkylation sites (tertiary alicyclic amines) is 1. The van der Waals surface area contributed by atoms with Crippen molar-refractivity contribution in [3.63, 3.8) is 0 Å². The van der Waals surface area contributed by atoms with Crippen LogP contribution in [0.15, 0.2) is 22.0 Å². The zero-order valence-corrected chi connectivity index (χ0v) is 13.3. The Balaban J connectivity index is 1.56. The van der Waals surface area contributed by atoms with E-state index in [4.69, 9.17) is 9.26 Å².